The monoisotopic (exact) mass is 373 g/mol. The van der Waals surface area contributed by atoms with Gasteiger partial charge in [-0.05, 0) is 51.0 Å². The number of rotatable bonds is 7. The third-order valence-corrected chi connectivity index (χ3v) is 7.26. The van der Waals surface area contributed by atoms with Crippen LogP contribution in [0.2, 0.25) is 0 Å². The minimum atomic E-state index is -3.19. The summed E-state index contributed by atoms with van der Waals surface area (Å²) in [5, 5.41) is 3.02. The number of carbonyl (C=O) groups excluding carboxylic acids is 1. The molecule has 146 valence electrons. The van der Waals surface area contributed by atoms with Crippen molar-refractivity contribution in [3.8, 4) is 0 Å². The molecule has 2 saturated heterocycles. The molecule has 0 aromatic carbocycles. The number of nitrogens with one attached hydrogen (secondary N) is 1. The van der Waals surface area contributed by atoms with Gasteiger partial charge in [0.2, 0.25) is 15.9 Å². The van der Waals surface area contributed by atoms with Crippen LogP contribution in [0.4, 0.5) is 0 Å². The van der Waals surface area contributed by atoms with Crippen molar-refractivity contribution in [2.24, 2.45) is 17.8 Å². The molecule has 2 heterocycles. The Hall–Kier alpha value is -0.660. The second kappa shape index (κ2) is 9.33. The fourth-order valence-corrected chi connectivity index (χ4v) is 5.40. The Balaban J connectivity index is 1.69. The van der Waals surface area contributed by atoms with E-state index in [9.17, 15) is 13.2 Å². The van der Waals surface area contributed by atoms with E-state index in [-0.39, 0.29) is 17.6 Å². The molecule has 0 aromatic heterocycles. The van der Waals surface area contributed by atoms with Gasteiger partial charge in [0.15, 0.2) is 0 Å². The SMILES string of the molecule is CCS(=O)(=O)N1CCC[C@H](C(=O)NCCCN2C[C@H](C)C[C@H](C)C2)C1. The number of nitrogens with zero attached hydrogens (tertiary/aromatic N) is 2. The highest BCUT2D eigenvalue weighted by atomic mass is 32.2. The smallest absolute Gasteiger partial charge is 0.224 e. The number of likely N-dealkylation sites (tertiary alicyclic amines) is 1. The first-order valence-corrected chi connectivity index (χ1v) is 11.4. The normalized spacial score (nSPS) is 29.5. The number of piperidine rings is 2. The lowest BCUT2D eigenvalue weighted by atomic mass is 9.92. The summed E-state index contributed by atoms with van der Waals surface area (Å²) in [7, 11) is -3.19. The van der Waals surface area contributed by atoms with Crippen LogP contribution in [-0.4, -0.2) is 68.6 Å². The molecule has 0 saturated carbocycles. The molecule has 0 unspecified atom stereocenters. The molecular weight excluding hydrogens is 338 g/mol. The average molecular weight is 374 g/mol. The number of sulfonamides is 1. The summed E-state index contributed by atoms with van der Waals surface area (Å²) in [6.07, 6.45) is 3.81. The highest BCUT2D eigenvalue weighted by Gasteiger charge is 2.31. The summed E-state index contributed by atoms with van der Waals surface area (Å²) < 4.78 is 25.5. The number of carbonyl (C=O) groups is 1. The van der Waals surface area contributed by atoms with Gasteiger partial charge in [-0.3, -0.25) is 4.79 Å². The predicted molar refractivity (Wildman–Crippen MR) is 101 cm³/mol. The van der Waals surface area contributed by atoms with Gasteiger partial charge in [-0.1, -0.05) is 13.8 Å². The van der Waals surface area contributed by atoms with E-state index < -0.39 is 10.0 Å². The number of amides is 1. The van der Waals surface area contributed by atoms with E-state index in [1.165, 1.54) is 10.7 Å². The Labute approximate surface area is 153 Å². The lowest BCUT2D eigenvalue weighted by molar-refractivity contribution is -0.126. The minimum Gasteiger partial charge on any atom is -0.356 e. The van der Waals surface area contributed by atoms with Crippen LogP contribution in [0.3, 0.4) is 0 Å². The van der Waals surface area contributed by atoms with Gasteiger partial charge < -0.3 is 10.2 Å². The van der Waals surface area contributed by atoms with Crippen molar-refractivity contribution in [3.05, 3.63) is 0 Å². The maximum Gasteiger partial charge on any atom is 0.224 e. The number of hydrogen-bond acceptors (Lipinski definition) is 4. The van der Waals surface area contributed by atoms with Gasteiger partial charge >= 0.3 is 0 Å². The van der Waals surface area contributed by atoms with E-state index in [0.29, 0.717) is 19.6 Å². The van der Waals surface area contributed by atoms with Crippen LogP contribution in [-0.2, 0) is 14.8 Å². The van der Waals surface area contributed by atoms with Crippen molar-refractivity contribution >= 4 is 15.9 Å². The van der Waals surface area contributed by atoms with Crippen LogP contribution in [0.15, 0.2) is 0 Å². The lowest BCUT2D eigenvalue weighted by Gasteiger charge is -2.35. The highest BCUT2D eigenvalue weighted by molar-refractivity contribution is 7.89. The van der Waals surface area contributed by atoms with E-state index in [1.54, 1.807) is 6.92 Å². The van der Waals surface area contributed by atoms with Crippen LogP contribution in [0.25, 0.3) is 0 Å². The molecule has 25 heavy (non-hydrogen) atoms. The molecule has 0 aromatic rings. The van der Waals surface area contributed by atoms with Gasteiger partial charge in [0.05, 0.1) is 11.7 Å². The molecule has 6 nitrogen and oxygen atoms in total. The molecule has 2 aliphatic heterocycles. The second-order valence-corrected chi connectivity index (χ2v) is 10.2. The molecule has 2 fully saturated rings. The van der Waals surface area contributed by atoms with E-state index >= 15 is 0 Å². The minimum absolute atomic E-state index is 0.0105. The molecule has 0 aliphatic carbocycles. The van der Waals surface area contributed by atoms with E-state index in [1.807, 2.05) is 0 Å². The average Bonchev–Trinajstić information content (AvgIpc) is 2.58. The molecule has 2 rings (SSSR count). The zero-order chi connectivity index (χ0) is 18.4. The fourth-order valence-electron chi connectivity index (χ4n) is 4.22. The Kier molecular flexibility index (Phi) is 7.70. The summed E-state index contributed by atoms with van der Waals surface area (Å²) in [5.41, 5.74) is 0. The Morgan fingerprint density at radius 2 is 1.84 bits per heavy atom. The third-order valence-electron chi connectivity index (χ3n) is 5.41. The molecule has 7 heteroatoms. The predicted octanol–water partition coefficient (Wildman–Crippen LogP) is 1.53. The maximum atomic E-state index is 12.4. The Morgan fingerprint density at radius 3 is 2.48 bits per heavy atom. The van der Waals surface area contributed by atoms with Crippen LogP contribution in [0.5, 0.6) is 0 Å². The first-order valence-electron chi connectivity index (χ1n) is 9.79. The molecular formula is C18H35N3O3S. The molecule has 1 amide bonds. The van der Waals surface area contributed by atoms with Gasteiger partial charge in [0.25, 0.3) is 0 Å². The third kappa shape index (κ3) is 6.22. The van der Waals surface area contributed by atoms with Crippen molar-refractivity contribution in [1.82, 2.24) is 14.5 Å². The van der Waals surface area contributed by atoms with Gasteiger partial charge in [-0.15, -0.1) is 0 Å². The molecule has 2 aliphatic rings. The van der Waals surface area contributed by atoms with E-state index in [4.69, 9.17) is 0 Å². The molecule has 0 spiro atoms. The molecule has 0 radical (unpaired) electrons. The Bertz CT molecular complexity index is 528. The van der Waals surface area contributed by atoms with Crippen LogP contribution < -0.4 is 5.32 Å². The standard InChI is InChI=1S/C18H35N3O3S/c1-4-25(23,24)21-10-5-7-17(14-21)18(22)19-8-6-9-20-12-15(2)11-16(3)13-20/h15-17H,4-14H2,1-3H3,(H,19,22)/t15-,16+,17-/m0/s1. The molecule has 3 atom stereocenters. The summed E-state index contributed by atoms with van der Waals surface area (Å²) in [6.45, 7) is 11.2. The second-order valence-electron chi connectivity index (χ2n) is 7.95. The fraction of sp³-hybridized carbons (Fsp3) is 0.944. The quantitative estimate of drug-likeness (QED) is 0.687. The first-order chi connectivity index (χ1) is 11.8. The van der Waals surface area contributed by atoms with Crippen molar-refractivity contribution in [2.45, 2.75) is 46.5 Å². The van der Waals surface area contributed by atoms with Crippen molar-refractivity contribution in [1.29, 1.82) is 0 Å². The Morgan fingerprint density at radius 1 is 1.16 bits per heavy atom. The van der Waals surface area contributed by atoms with E-state index in [0.717, 1.165) is 50.7 Å². The maximum absolute atomic E-state index is 12.4. The molecule has 0 bridgehead atoms. The van der Waals surface area contributed by atoms with Gasteiger partial charge in [0, 0.05) is 32.7 Å². The van der Waals surface area contributed by atoms with Crippen molar-refractivity contribution in [2.75, 3.05) is 45.0 Å². The zero-order valence-electron chi connectivity index (χ0n) is 16.0. The summed E-state index contributed by atoms with van der Waals surface area (Å²) in [4.78, 5) is 14.9. The lowest BCUT2D eigenvalue weighted by Crippen LogP contribution is -2.46. The van der Waals surface area contributed by atoms with Gasteiger partial charge in [0.1, 0.15) is 0 Å². The number of hydrogen-bond donors (Lipinski definition) is 1. The first kappa shape index (κ1) is 20.6. The summed E-state index contributed by atoms with van der Waals surface area (Å²) >= 11 is 0. The van der Waals surface area contributed by atoms with Gasteiger partial charge in [-0.25, -0.2) is 12.7 Å². The van der Waals surface area contributed by atoms with Crippen molar-refractivity contribution in [3.63, 3.8) is 0 Å². The van der Waals surface area contributed by atoms with E-state index in [2.05, 4.69) is 24.1 Å². The highest BCUT2D eigenvalue weighted by Crippen LogP contribution is 2.21. The largest absolute Gasteiger partial charge is 0.356 e. The topological polar surface area (TPSA) is 69.7 Å². The zero-order valence-corrected chi connectivity index (χ0v) is 16.9. The van der Waals surface area contributed by atoms with Crippen LogP contribution in [0, 0.1) is 17.8 Å². The van der Waals surface area contributed by atoms with Crippen molar-refractivity contribution < 1.29 is 13.2 Å². The summed E-state index contributed by atoms with van der Waals surface area (Å²) in [6, 6.07) is 0. The van der Waals surface area contributed by atoms with Crippen LogP contribution >= 0.6 is 0 Å². The molecule has 1 N–H and O–H groups in total. The van der Waals surface area contributed by atoms with Gasteiger partial charge in [-0.2, -0.15) is 0 Å². The summed E-state index contributed by atoms with van der Waals surface area (Å²) in [5.74, 6) is 1.43. The van der Waals surface area contributed by atoms with Crippen LogP contribution in [0.1, 0.15) is 46.5 Å².